The highest BCUT2D eigenvalue weighted by Gasteiger charge is 2.19. The zero-order chi connectivity index (χ0) is 13.8. The van der Waals surface area contributed by atoms with Crippen LogP contribution in [0.4, 0.5) is 5.13 Å². The second-order valence-electron chi connectivity index (χ2n) is 4.39. The summed E-state index contributed by atoms with van der Waals surface area (Å²) >= 11 is 1.49. The summed E-state index contributed by atoms with van der Waals surface area (Å²) in [5.41, 5.74) is 1.93. The summed E-state index contributed by atoms with van der Waals surface area (Å²) in [5, 5.41) is 12.9. The molecule has 2 rings (SSSR count). The van der Waals surface area contributed by atoms with E-state index in [0.717, 1.165) is 16.1 Å². The molecule has 0 aliphatic heterocycles. The molecule has 0 aliphatic carbocycles. The van der Waals surface area contributed by atoms with Crippen LogP contribution >= 0.6 is 11.3 Å². The van der Waals surface area contributed by atoms with E-state index in [0.29, 0.717) is 11.6 Å². The van der Waals surface area contributed by atoms with Gasteiger partial charge < -0.3 is 10.4 Å². The second-order valence-corrected chi connectivity index (χ2v) is 5.59. The largest absolute Gasteiger partial charge is 0.480 e. The fraction of sp³-hybridized carbons (Fsp3) is 0.286. The van der Waals surface area contributed by atoms with Crippen molar-refractivity contribution >= 4 is 22.4 Å². The van der Waals surface area contributed by atoms with E-state index in [1.165, 1.54) is 11.3 Å². The number of anilines is 1. The number of hydrogen-bond acceptors (Lipinski definition) is 4. The monoisotopic (exact) mass is 276 g/mol. The molecule has 1 heterocycles. The number of aliphatic carboxylic acids is 1. The first-order chi connectivity index (χ1) is 9.06. The van der Waals surface area contributed by atoms with Crippen molar-refractivity contribution in [1.29, 1.82) is 0 Å². The number of thiazole rings is 1. The van der Waals surface area contributed by atoms with Crippen molar-refractivity contribution < 1.29 is 9.90 Å². The minimum atomic E-state index is -0.866. The molecule has 0 radical (unpaired) electrons. The standard InChI is InChI=1S/C14H16N2O2S/c1-9-10(2)19-14(15-9)16-12(13(17)18)8-11-6-4-3-5-7-11/h3-7,12H,8H2,1-2H3,(H,15,16)(H,17,18). The van der Waals surface area contributed by atoms with Crippen LogP contribution in [0.1, 0.15) is 16.1 Å². The Morgan fingerprint density at radius 1 is 1.37 bits per heavy atom. The first kappa shape index (κ1) is 13.5. The zero-order valence-electron chi connectivity index (χ0n) is 10.9. The van der Waals surface area contributed by atoms with Crippen LogP contribution in [0.15, 0.2) is 30.3 Å². The fourth-order valence-corrected chi connectivity index (χ4v) is 2.60. The third-order valence-electron chi connectivity index (χ3n) is 2.91. The Kier molecular flexibility index (Phi) is 4.16. The van der Waals surface area contributed by atoms with Crippen molar-refractivity contribution in [3.8, 4) is 0 Å². The Balaban J connectivity index is 2.10. The topological polar surface area (TPSA) is 62.2 Å². The van der Waals surface area contributed by atoms with Gasteiger partial charge in [0.05, 0.1) is 5.69 Å². The molecule has 0 bridgehead atoms. The molecule has 19 heavy (non-hydrogen) atoms. The normalized spacial score (nSPS) is 12.1. The van der Waals surface area contributed by atoms with Crippen LogP contribution in [0, 0.1) is 13.8 Å². The average Bonchev–Trinajstić information content (AvgIpc) is 2.69. The van der Waals surface area contributed by atoms with Gasteiger partial charge in [0.1, 0.15) is 6.04 Å². The number of hydrogen-bond donors (Lipinski definition) is 2. The van der Waals surface area contributed by atoms with Crippen LogP contribution in [0.2, 0.25) is 0 Å². The Morgan fingerprint density at radius 2 is 2.05 bits per heavy atom. The molecule has 1 unspecified atom stereocenters. The van der Waals surface area contributed by atoms with Crippen molar-refractivity contribution in [2.75, 3.05) is 5.32 Å². The predicted molar refractivity (Wildman–Crippen MR) is 76.8 cm³/mol. The number of carboxylic acid groups (broad SMARTS) is 1. The molecule has 1 aromatic carbocycles. The van der Waals surface area contributed by atoms with E-state index in [2.05, 4.69) is 10.3 Å². The van der Waals surface area contributed by atoms with Gasteiger partial charge in [-0.3, -0.25) is 0 Å². The van der Waals surface area contributed by atoms with Gasteiger partial charge in [-0.15, -0.1) is 11.3 Å². The van der Waals surface area contributed by atoms with E-state index >= 15 is 0 Å². The lowest BCUT2D eigenvalue weighted by Crippen LogP contribution is -2.31. The number of benzene rings is 1. The number of carbonyl (C=O) groups is 1. The third-order valence-corrected chi connectivity index (χ3v) is 3.91. The van der Waals surface area contributed by atoms with Gasteiger partial charge in [-0.1, -0.05) is 30.3 Å². The highest BCUT2D eigenvalue weighted by atomic mass is 32.1. The molecule has 2 N–H and O–H groups in total. The van der Waals surface area contributed by atoms with Crippen molar-refractivity contribution in [2.24, 2.45) is 0 Å². The second kappa shape index (κ2) is 5.84. The van der Waals surface area contributed by atoms with Gasteiger partial charge in [0.2, 0.25) is 0 Å². The predicted octanol–water partition coefficient (Wildman–Crippen LogP) is 2.87. The molecule has 0 aliphatic rings. The van der Waals surface area contributed by atoms with Crippen LogP contribution in [-0.2, 0) is 11.2 Å². The minimum Gasteiger partial charge on any atom is -0.480 e. The van der Waals surface area contributed by atoms with E-state index < -0.39 is 12.0 Å². The number of carboxylic acids is 1. The number of aryl methyl sites for hydroxylation is 2. The summed E-state index contributed by atoms with van der Waals surface area (Å²) in [7, 11) is 0. The molecule has 0 spiro atoms. The summed E-state index contributed by atoms with van der Waals surface area (Å²) in [6, 6.07) is 8.93. The summed E-state index contributed by atoms with van der Waals surface area (Å²) in [4.78, 5) is 16.7. The molecule has 0 fully saturated rings. The van der Waals surface area contributed by atoms with Gasteiger partial charge in [-0.2, -0.15) is 0 Å². The number of aromatic nitrogens is 1. The van der Waals surface area contributed by atoms with Crippen LogP contribution < -0.4 is 5.32 Å². The molecule has 5 heteroatoms. The molecular weight excluding hydrogens is 260 g/mol. The molecule has 1 aromatic heterocycles. The summed E-state index contributed by atoms with van der Waals surface area (Å²) in [6.07, 6.45) is 0.438. The first-order valence-electron chi connectivity index (χ1n) is 6.03. The van der Waals surface area contributed by atoms with Gasteiger partial charge in [-0.25, -0.2) is 9.78 Å². The van der Waals surface area contributed by atoms with Gasteiger partial charge >= 0.3 is 5.97 Å². The molecule has 1 atom stereocenters. The van der Waals surface area contributed by atoms with E-state index in [4.69, 9.17) is 0 Å². The van der Waals surface area contributed by atoms with Gasteiger partial charge in [0.15, 0.2) is 5.13 Å². The van der Waals surface area contributed by atoms with Crippen LogP contribution in [0.3, 0.4) is 0 Å². The van der Waals surface area contributed by atoms with Gasteiger partial charge in [0, 0.05) is 11.3 Å². The van der Waals surface area contributed by atoms with Crippen molar-refractivity contribution in [1.82, 2.24) is 4.98 Å². The van der Waals surface area contributed by atoms with E-state index in [-0.39, 0.29) is 0 Å². The highest BCUT2D eigenvalue weighted by molar-refractivity contribution is 7.15. The van der Waals surface area contributed by atoms with Gasteiger partial charge in [0.25, 0.3) is 0 Å². The third kappa shape index (κ3) is 3.54. The molecule has 0 saturated heterocycles. The maximum atomic E-state index is 11.3. The summed E-state index contributed by atoms with van der Waals surface area (Å²) in [5.74, 6) is -0.866. The Hall–Kier alpha value is -1.88. The van der Waals surface area contributed by atoms with Crippen LogP contribution in [-0.4, -0.2) is 22.1 Å². The minimum absolute atomic E-state index is 0.438. The molecule has 2 aromatic rings. The number of rotatable bonds is 5. The van der Waals surface area contributed by atoms with E-state index in [1.807, 2.05) is 44.2 Å². The van der Waals surface area contributed by atoms with Crippen molar-refractivity contribution in [3.63, 3.8) is 0 Å². The maximum Gasteiger partial charge on any atom is 0.326 e. The molecule has 0 amide bonds. The Labute approximate surface area is 116 Å². The number of nitrogens with one attached hydrogen (secondary N) is 1. The van der Waals surface area contributed by atoms with E-state index in [1.54, 1.807) is 0 Å². The molecular formula is C14H16N2O2S. The quantitative estimate of drug-likeness (QED) is 0.881. The lowest BCUT2D eigenvalue weighted by Gasteiger charge is -2.13. The average molecular weight is 276 g/mol. The lowest BCUT2D eigenvalue weighted by molar-refractivity contribution is -0.137. The maximum absolute atomic E-state index is 11.3. The first-order valence-corrected chi connectivity index (χ1v) is 6.85. The van der Waals surface area contributed by atoms with Crippen LogP contribution in [0.25, 0.3) is 0 Å². The van der Waals surface area contributed by atoms with Gasteiger partial charge in [-0.05, 0) is 19.4 Å². The Bertz CT molecular complexity index is 547. The fourth-order valence-electron chi connectivity index (χ4n) is 1.73. The van der Waals surface area contributed by atoms with Crippen molar-refractivity contribution in [2.45, 2.75) is 26.3 Å². The van der Waals surface area contributed by atoms with E-state index in [9.17, 15) is 9.90 Å². The SMILES string of the molecule is Cc1nc(NC(Cc2ccccc2)C(=O)O)sc1C. The molecule has 4 nitrogen and oxygen atoms in total. The summed E-state index contributed by atoms with van der Waals surface area (Å²) < 4.78 is 0. The highest BCUT2D eigenvalue weighted by Crippen LogP contribution is 2.22. The lowest BCUT2D eigenvalue weighted by atomic mass is 10.1. The summed E-state index contributed by atoms with van der Waals surface area (Å²) in [6.45, 7) is 3.90. The van der Waals surface area contributed by atoms with Crippen molar-refractivity contribution in [3.05, 3.63) is 46.5 Å². The number of nitrogens with zero attached hydrogens (tertiary/aromatic N) is 1. The molecule has 0 saturated carbocycles. The van der Waals surface area contributed by atoms with Crippen LogP contribution in [0.5, 0.6) is 0 Å². The molecule has 100 valence electrons. The zero-order valence-corrected chi connectivity index (χ0v) is 11.7. The smallest absolute Gasteiger partial charge is 0.326 e. The Morgan fingerprint density at radius 3 is 2.58 bits per heavy atom.